The molecule has 1 aliphatic heterocycles. The first kappa shape index (κ1) is 20.3. The Kier molecular flexibility index (Phi) is 5.74. The quantitative estimate of drug-likeness (QED) is 0.814. The lowest BCUT2D eigenvalue weighted by atomic mass is 10.1. The molecular weight excluding hydrogens is 391 g/mol. The lowest BCUT2D eigenvalue weighted by molar-refractivity contribution is -0.138. The molecule has 1 aromatic carbocycles. The Morgan fingerprint density at radius 1 is 1.29 bits per heavy atom. The van der Waals surface area contributed by atoms with Gasteiger partial charge in [0.2, 0.25) is 5.91 Å². The summed E-state index contributed by atoms with van der Waals surface area (Å²) in [6.07, 6.45) is -3.59. The molecule has 1 aromatic heterocycles. The zero-order chi connectivity index (χ0) is 20.5. The fourth-order valence-electron chi connectivity index (χ4n) is 3.03. The fraction of sp³-hybridized carbons (Fsp3) is 0.421. The van der Waals surface area contributed by atoms with Gasteiger partial charge in [-0.2, -0.15) is 13.2 Å². The number of hydrogen-bond acceptors (Lipinski definition) is 4. The van der Waals surface area contributed by atoms with E-state index in [9.17, 15) is 22.8 Å². The predicted octanol–water partition coefficient (Wildman–Crippen LogP) is 4.35. The standard InChI is InChI=1S/C19H20F3N3O2S/c1-11(2)9-16(26)25-8-7-14-15(10-25)28-18(23-14)24-17(27)12-5-3-4-6-13(12)19(20,21)22/h3-6,11H,7-10H2,1-2H3,(H,23,24,27). The van der Waals surface area contributed by atoms with Gasteiger partial charge < -0.3 is 4.90 Å². The van der Waals surface area contributed by atoms with Crippen LogP contribution in [-0.2, 0) is 23.9 Å². The summed E-state index contributed by atoms with van der Waals surface area (Å²) in [7, 11) is 0. The number of halogens is 3. The Hall–Kier alpha value is -2.42. The zero-order valence-electron chi connectivity index (χ0n) is 15.5. The summed E-state index contributed by atoms with van der Waals surface area (Å²) in [4.78, 5) is 31.6. The van der Waals surface area contributed by atoms with Gasteiger partial charge in [-0.1, -0.05) is 37.3 Å². The highest BCUT2D eigenvalue weighted by Crippen LogP contribution is 2.33. The van der Waals surface area contributed by atoms with Gasteiger partial charge in [-0.05, 0) is 18.1 Å². The third-order valence-corrected chi connectivity index (χ3v) is 5.36. The number of fused-ring (bicyclic) bond motifs is 1. The molecule has 2 aromatic rings. The Bertz CT molecular complexity index is 893. The SMILES string of the molecule is CC(C)CC(=O)N1CCc2nc(NC(=O)c3ccccc3C(F)(F)F)sc2C1. The van der Waals surface area contributed by atoms with Crippen molar-refractivity contribution >= 4 is 28.3 Å². The summed E-state index contributed by atoms with van der Waals surface area (Å²) in [5.74, 6) is -0.524. The molecule has 0 aliphatic carbocycles. The van der Waals surface area contributed by atoms with Crippen LogP contribution in [0.25, 0.3) is 0 Å². The maximum atomic E-state index is 13.1. The topological polar surface area (TPSA) is 62.3 Å². The third kappa shape index (κ3) is 4.52. The van der Waals surface area contributed by atoms with Crippen LogP contribution in [0.5, 0.6) is 0 Å². The number of nitrogens with one attached hydrogen (secondary N) is 1. The maximum Gasteiger partial charge on any atom is 0.417 e. The van der Waals surface area contributed by atoms with Crippen LogP contribution in [0.1, 0.15) is 46.8 Å². The molecule has 3 rings (SSSR count). The van der Waals surface area contributed by atoms with Crippen LogP contribution >= 0.6 is 11.3 Å². The molecule has 150 valence electrons. The van der Waals surface area contributed by atoms with E-state index in [0.717, 1.165) is 22.7 Å². The molecule has 5 nitrogen and oxygen atoms in total. The number of thiazole rings is 1. The van der Waals surface area contributed by atoms with Crippen LogP contribution in [0.2, 0.25) is 0 Å². The first-order chi connectivity index (χ1) is 13.1. The van der Waals surface area contributed by atoms with Gasteiger partial charge in [0.25, 0.3) is 5.91 Å². The molecular formula is C19H20F3N3O2S. The van der Waals surface area contributed by atoms with Gasteiger partial charge in [0.1, 0.15) is 0 Å². The number of alkyl halides is 3. The number of anilines is 1. The largest absolute Gasteiger partial charge is 0.417 e. The molecule has 0 saturated carbocycles. The molecule has 0 spiro atoms. The van der Waals surface area contributed by atoms with Gasteiger partial charge in [-0.25, -0.2) is 4.98 Å². The second-order valence-corrected chi connectivity index (χ2v) is 8.13. The van der Waals surface area contributed by atoms with Crippen LogP contribution in [0.15, 0.2) is 24.3 Å². The van der Waals surface area contributed by atoms with Gasteiger partial charge in [-0.3, -0.25) is 14.9 Å². The number of nitrogens with zero attached hydrogens (tertiary/aromatic N) is 2. The minimum absolute atomic E-state index is 0.0683. The van der Waals surface area contributed by atoms with E-state index >= 15 is 0 Å². The molecule has 1 N–H and O–H groups in total. The Morgan fingerprint density at radius 2 is 2.00 bits per heavy atom. The van der Waals surface area contributed by atoms with Crippen molar-refractivity contribution in [1.29, 1.82) is 0 Å². The van der Waals surface area contributed by atoms with Crippen LogP contribution in [0, 0.1) is 5.92 Å². The lowest BCUT2D eigenvalue weighted by Gasteiger charge is -2.26. The Labute approximate surface area is 164 Å². The van der Waals surface area contributed by atoms with Crippen LogP contribution in [0.4, 0.5) is 18.3 Å². The molecule has 0 fully saturated rings. The number of benzene rings is 1. The summed E-state index contributed by atoms with van der Waals surface area (Å²) < 4.78 is 39.3. The smallest absolute Gasteiger partial charge is 0.337 e. The zero-order valence-corrected chi connectivity index (χ0v) is 16.3. The average Bonchev–Trinajstić information content (AvgIpc) is 3.01. The second kappa shape index (κ2) is 7.90. The first-order valence-electron chi connectivity index (χ1n) is 8.89. The molecule has 0 radical (unpaired) electrons. The summed E-state index contributed by atoms with van der Waals surface area (Å²) >= 11 is 1.19. The molecule has 1 aliphatic rings. The third-order valence-electron chi connectivity index (χ3n) is 4.36. The average molecular weight is 411 g/mol. The highest BCUT2D eigenvalue weighted by molar-refractivity contribution is 7.15. The fourth-order valence-corrected chi connectivity index (χ4v) is 4.05. The number of carbonyl (C=O) groups is 2. The second-order valence-electron chi connectivity index (χ2n) is 7.05. The van der Waals surface area contributed by atoms with Gasteiger partial charge in [0, 0.05) is 24.3 Å². The number of aromatic nitrogens is 1. The van der Waals surface area contributed by atoms with E-state index in [-0.39, 0.29) is 17.0 Å². The first-order valence-corrected chi connectivity index (χ1v) is 9.70. The predicted molar refractivity (Wildman–Crippen MR) is 100 cm³/mol. The van der Waals surface area contributed by atoms with Crippen LogP contribution in [0.3, 0.4) is 0 Å². The minimum Gasteiger partial charge on any atom is -0.337 e. The van der Waals surface area contributed by atoms with E-state index in [1.165, 1.54) is 23.5 Å². The number of carbonyl (C=O) groups excluding carboxylic acids is 2. The molecule has 28 heavy (non-hydrogen) atoms. The van der Waals surface area contributed by atoms with Crippen molar-refractivity contribution in [2.75, 3.05) is 11.9 Å². The number of amides is 2. The molecule has 0 saturated heterocycles. The van der Waals surface area contributed by atoms with Crippen LogP contribution < -0.4 is 5.32 Å². The minimum atomic E-state index is -4.62. The van der Waals surface area contributed by atoms with Crippen molar-refractivity contribution in [3.8, 4) is 0 Å². The van der Waals surface area contributed by atoms with Crippen molar-refractivity contribution in [1.82, 2.24) is 9.88 Å². The van der Waals surface area contributed by atoms with E-state index in [1.807, 2.05) is 13.8 Å². The van der Waals surface area contributed by atoms with E-state index in [2.05, 4.69) is 10.3 Å². The van der Waals surface area contributed by atoms with Crippen molar-refractivity contribution in [3.63, 3.8) is 0 Å². The Morgan fingerprint density at radius 3 is 2.68 bits per heavy atom. The lowest BCUT2D eigenvalue weighted by Crippen LogP contribution is -2.36. The molecule has 9 heteroatoms. The number of hydrogen-bond donors (Lipinski definition) is 1. The maximum absolute atomic E-state index is 13.1. The summed E-state index contributed by atoms with van der Waals surface area (Å²) in [6.45, 7) is 4.92. The molecule has 0 bridgehead atoms. The van der Waals surface area contributed by atoms with Gasteiger partial charge in [0.15, 0.2) is 5.13 Å². The molecule has 0 atom stereocenters. The summed E-state index contributed by atoms with van der Waals surface area (Å²) in [6, 6.07) is 4.64. The van der Waals surface area contributed by atoms with Crippen molar-refractivity contribution < 1.29 is 22.8 Å². The van der Waals surface area contributed by atoms with Crippen molar-refractivity contribution in [3.05, 3.63) is 46.0 Å². The van der Waals surface area contributed by atoms with E-state index < -0.39 is 23.2 Å². The van der Waals surface area contributed by atoms with Crippen molar-refractivity contribution in [2.45, 2.75) is 39.4 Å². The molecule has 2 amide bonds. The molecule has 0 unspecified atom stereocenters. The van der Waals surface area contributed by atoms with Gasteiger partial charge in [0.05, 0.1) is 23.4 Å². The molecule has 2 heterocycles. The van der Waals surface area contributed by atoms with E-state index in [0.29, 0.717) is 25.9 Å². The summed E-state index contributed by atoms with van der Waals surface area (Å²) in [5.41, 5.74) is -0.658. The number of rotatable bonds is 4. The van der Waals surface area contributed by atoms with Gasteiger partial charge in [-0.15, -0.1) is 0 Å². The van der Waals surface area contributed by atoms with Gasteiger partial charge >= 0.3 is 6.18 Å². The Balaban J connectivity index is 1.74. The highest BCUT2D eigenvalue weighted by Gasteiger charge is 2.35. The summed E-state index contributed by atoms with van der Waals surface area (Å²) in [5, 5.41) is 2.71. The van der Waals surface area contributed by atoms with E-state index in [1.54, 1.807) is 4.90 Å². The monoisotopic (exact) mass is 411 g/mol. The van der Waals surface area contributed by atoms with Crippen LogP contribution in [-0.4, -0.2) is 28.2 Å². The normalized spacial score (nSPS) is 14.1. The highest BCUT2D eigenvalue weighted by atomic mass is 32.1. The van der Waals surface area contributed by atoms with E-state index in [4.69, 9.17) is 0 Å². The van der Waals surface area contributed by atoms with Crippen molar-refractivity contribution in [2.24, 2.45) is 5.92 Å².